The van der Waals surface area contributed by atoms with Gasteiger partial charge in [0.1, 0.15) is 5.69 Å². The first-order chi connectivity index (χ1) is 14.5. The van der Waals surface area contributed by atoms with E-state index < -0.39 is 6.10 Å². The monoisotopic (exact) mass is 491 g/mol. The fourth-order valence-corrected chi connectivity index (χ4v) is 5.25. The number of hydrogen-bond acceptors (Lipinski definition) is 6. The molecule has 0 spiro atoms. The van der Waals surface area contributed by atoms with Crippen molar-refractivity contribution in [2.45, 2.75) is 38.1 Å². The molecule has 2 atom stereocenters. The standard InChI is InChI=1S/C20H22BrN5O3S/c1-29-19(16-7-8-17(21)30-16)20(28)26-10-4-5-15(26)13-25-12-14(22-23-25)11-24-9-3-2-6-18(24)27/h2-3,6-9,12,15,19H,4-5,10-11,13H2,1H3/t15-,19?/m0/s1. The number of methoxy groups -OCH3 is 1. The number of hydrogen-bond donors (Lipinski definition) is 0. The topological polar surface area (TPSA) is 82.2 Å². The fraction of sp³-hybridized carbons (Fsp3) is 0.400. The molecule has 0 saturated carbocycles. The van der Waals surface area contributed by atoms with Gasteiger partial charge in [-0.05, 0) is 47.0 Å². The first-order valence-corrected chi connectivity index (χ1v) is 11.3. The maximum Gasteiger partial charge on any atom is 0.257 e. The van der Waals surface area contributed by atoms with Crippen LogP contribution in [0.25, 0.3) is 0 Å². The van der Waals surface area contributed by atoms with Crippen molar-refractivity contribution >= 4 is 33.2 Å². The summed E-state index contributed by atoms with van der Waals surface area (Å²) in [5.74, 6) is -0.0227. The van der Waals surface area contributed by atoms with Gasteiger partial charge in [-0.15, -0.1) is 16.4 Å². The third kappa shape index (κ3) is 4.55. The maximum atomic E-state index is 13.2. The van der Waals surface area contributed by atoms with Crippen LogP contribution < -0.4 is 5.56 Å². The number of ether oxygens (including phenoxy) is 1. The molecule has 0 aromatic carbocycles. The third-order valence-electron chi connectivity index (χ3n) is 5.19. The molecule has 1 saturated heterocycles. The number of carbonyl (C=O) groups is 1. The average Bonchev–Trinajstić information content (AvgIpc) is 3.47. The lowest BCUT2D eigenvalue weighted by Gasteiger charge is -2.27. The van der Waals surface area contributed by atoms with Gasteiger partial charge in [0.05, 0.1) is 29.1 Å². The van der Waals surface area contributed by atoms with Crippen LogP contribution in [0.4, 0.5) is 0 Å². The van der Waals surface area contributed by atoms with Crippen molar-refractivity contribution in [1.29, 1.82) is 0 Å². The highest BCUT2D eigenvalue weighted by atomic mass is 79.9. The van der Waals surface area contributed by atoms with Crippen molar-refractivity contribution in [2.24, 2.45) is 0 Å². The number of carbonyl (C=O) groups excluding carboxylic acids is 1. The van der Waals surface area contributed by atoms with Gasteiger partial charge >= 0.3 is 0 Å². The van der Waals surface area contributed by atoms with Crippen LogP contribution >= 0.6 is 27.3 Å². The molecule has 1 fully saturated rings. The number of rotatable bonds is 7. The van der Waals surface area contributed by atoms with Gasteiger partial charge in [-0.3, -0.25) is 14.3 Å². The van der Waals surface area contributed by atoms with Gasteiger partial charge in [0.2, 0.25) is 0 Å². The normalized spacial score (nSPS) is 17.4. The van der Waals surface area contributed by atoms with Gasteiger partial charge in [-0.1, -0.05) is 11.3 Å². The molecule has 30 heavy (non-hydrogen) atoms. The average molecular weight is 492 g/mol. The Kier molecular flexibility index (Phi) is 6.45. The molecule has 8 nitrogen and oxygen atoms in total. The molecule has 0 radical (unpaired) electrons. The van der Waals surface area contributed by atoms with Gasteiger partial charge in [0.25, 0.3) is 11.5 Å². The van der Waals surface area contributed by atoms with Gasteiger partial charge in [-0.25, -0.2) is 0 Å². The Balaban J connectivity index is 1.44. The zero-order valence-corrected chi connectivity index (χ0v) is 18.9. The molecule has 0 bridgehead atoms. The van der Waals surface area contributed by atoms with Crippen LogP contribution in [0, 0.1) is 0 Å². The minimum Gasteiger partial charge on any atom is -0.366 e. The predicted octanol–water partition coefficient (Wildman–Crippen LogP) is 2.69. The van der Waals surface area contributed by atoms with Gasteiger partial charge in [0, 0.05) is 30.8 Å². The Hall–Kier alpha value is -2.30. The molecular weight excluding hydrogens is 470 g/mol. The third-order valence-corrected chi connectivity index (χ3v) is 6.85. The molecule has 0 aliphatic carbocycles. The van der Waals surface area contributed by atoms with Crippen molar-refractivity contribution < 1.29 is 9.53 Å². The summed E-state index contributed by atoms with van der Waals surface area (Å²) >= 11 is 4.95. The first-order valence-electron chi connectivity index (χ1n) is 9.68. The second-order valence-corrected chi connectivity index (χ2v) is 9.68. The summed E-state index contributed by atoms with van der Waals surface area (Å²) in [4.78, 5) is 27.8. The van der Waals surface area contributed by atoms with Crippen LogP contribution in [-0.2, 0) is 22.6 Å². The van der Waals surface area contributed by atoms with Crippen molar-refractivity contribution in [2.75, 3.05) is 13.7 Å². The summed E-state index contributed by atoms with van der Waals surface area (Å²) in [6, 6.07) is 8.92. The van der Waals surface area contributed by atoms with Crippen molar-refractivity contribution in [3.05, 3.63) is 67.4 Å². The SMILES string of the molecule is COC(C(=O)N1CCC[C@H]1Cn1cc(Cn2ccccc2=O)nn1)c1ccc(Br)s1. The Labute approximate surface area is 186 Å². The molecule has 10 heteroatoms. The smallest absolute Gasteiger partial charge is 0.257 e. The Morgan fingerprint density at radius 1 is 1.37 bits per heavy atom. The molecule has 1 unspecified atom stereocenters. The zero-order chi connectivity index (χ0) is 21.1. The minimum absolute atomic E-state index is 0.0227. The van der Waals surface area contributed by atoms with E-state index >= 15 is 0 Å². The van der Waals surface area contributed by atoms with E-state index in [1.807, 2.05) is 29.3 Å². The highest BCUT2D eigenvalue weighted by molar-refractivity contribution is 9.11. The van der Waals surface area contributed by atoms with Crippen LogP contribution in [0.1, 0.15) is 29.5 Å². The van der Waals surface area contributed by atoms with E-state index in [0.29, 0.717) is 25.3 Å². The number of likely N-dealkylation sites (tertiary alicyclic amines) is 1. The number of aromatic nitrogens is 4. The number of thiophene rings is 1. The fourth-order valence-electron chi connectivity index (χ4n) is 3.76. The van der Waals surface area contributed by atoms with Crippen LogP contribution in [0.5, 0.6) is 0 Å². The molecule has 158 valence electrons. The summed E-state index contributed by atoms with van der Waals surface area (Å²) in [6.07, 6.45) is 4.82. The van der Waals surface area contributed by atoms with Crippen LogP contribution in [-0.4, -0.2) is 50.1 Å². The zero-order valence-electron chi connectivity index (χ0n) is 16.5. The molecular formula is C20H22BrN5O3S. The molecule has 4 rings (SSSR count). The van der Waals surface area contributed by atoms with Gasteiger partial charge in [0.15, 0.2) is 6.10 Å². The molecule has 1 amide bonds. The van der Waals surface area contributed by atoms with E-state index in [-0.39, 0.29) is 17.5 Å². The summed E-state index contributed by atoms with van der Waals surface area (Å²) in [7, 11) is 1.57. The molecule has 4 heterocycles. The second kappa shape index (κ2) is 9.23. The van der Waals surface area contributed by atoms with Crippen molar-refractivity contribution in [1.82, 2.24) is 24.5 Å². The molecule has 0 N–H and O–H groups in total. The molecule has 1 aliphatic rings. The summed E-state index contributed by atoms with van der Waals surface area (Å²) in [5.41, 5.74) is 0.628. The van der Waals surface area contributed by atoms with Crippen LogP contribution in [0.2, 0.25) is 0 Å². The Bertz CT molecular complexity index is 1080. The maximum absolute atomic E-state index is 13.2. The van der Waals surface area contributed by atoms with Crippen molar-refractivity contribution in [3.63, 3.8) is 0 Å². The highest BCUT2D eigenvalue weighted by Crippen LogP contribution is 2.32. The van der Waals surface area contributed by atoms with E-state index in [1.165, 1.54) is 17.4 Å². The quantitative estimate of drug-likeness (QED) is 0.507. The summed E-state index contributed by atoms with van der Waals surface area (Å²) < 4.78 is 9.84. The van der Waals surface area contributed by atoms with E-state index in [4.69, 9.17) is 4.74 Å². The molecule has 3 aromatic rings. The Morgan fingerprint density at radius 2 is 2.23 bits per heavy atom. The number of pyridine rings is 1. The lowest BCUT2D eigenvalue weighted by atomic mass is 10.2. The lowest BCUT2D eigenvalue weighted by Crippen LogP contribution is -2.41. The molecule has 1 aliphatic heterocycles. The summed E-state index contributed by atoms with van der Waals surface area (Å²) in [6.45, 7) is 1.63. The highest BCUT2D eigenvalue weighted by Gasteiger charge is 2.35. The van der Waals surface area contributed by atoms with Crippen LogP contribution in [0.15, 0.2) is 51.3 Å². The van der Waals surface area contributed by atoms with E-state index in [1.54, 1.807) is 28.6 Å². The van der Waals surface area contributed by atoms with E-state index in [2.05, 4.69) is 26.2 Å². The number of halogens is 1. The van der Waals surface area contributed by atoms with Crippen LogP contribution in [0.3, 0.4) is 0 Å². The molecule has 3 aromatic heterocycles. The van der Waals surface area contributed by atoms with E-state index in [9.17, 15) is 9.59 Å². The number of nitrogens with zero attached hydrogens (tertiary/aromatic N) is 5. The van der Waals surface area contributed by atoms with Gasteiger partial charge < -0.3 is 14.2 Å². The number of amides is 1. The summed E-state index contributed by atoms with van der Waals surface area (Å²) in [5, 5.41) is 8.39. The lowest BCUT2D eigenvalue weighted by molar-refractivity contribution is -0.143. The largest absolute Gasteiger partial charge is 0.366 e. The predicted molar refractivity (Wildman–Crippen MR) is 116 cm³/mol. The van der Waals surface area contributed by atoms with E-state index in [0.717, 1.165) is 21.5 Å². The minimum atomic E-state index is -0.599. The first kappa shape index (κ1) is 21.0. The second-order valence-electron chi connectivity index (χ2n) is 7.18. The Morgan fingerprint density at radius 3 is 2.97 bits per heavy atom. The van der Waals surface area contributed by atoms with Crippen molar-refractivity contribution in [3.8, 4) is 0 Å². The van der Waals surface area contributed by atoms with Gasteiger partial charge in [-0.2, -0.15) is 0 Å².